The minimum atomic E-state index is 0.234. The van der Waals surface area contributed by atoms with Crippen LogP contribution >= 0.6 is 11.6 Å². The van der Waals surface area contributed by atoms with Crippen molar-refractivity contribution in [1.82, 2.24) is 9.80 Å². The zero-order chi connectivity index (χ0) is 14.0. The summed E-state index contributed by atoms with van der Waals surface area (Å²) in [5, 5.41) is 0.771. The van der Waals surface area contributed by atoms with Gasteiger partial charge in [0.2, 0.25) is 0 Å². The summed E-state index contributed by atoms with van der Waals surface area (Å²) in [6.07, 6.45) is 0. The van der Waals surface area contributed by atoms with E-state index in [1.165, 1.54) is 11.1 Å². The van der Waals surface area contributed by atoms with Gasteiger partial charge in [0.25, 0.3) is 0 Å². The molecule has 1 aliphatic heterocycles. The quantitative estimate of drug-likeness (QED) is 0.916. The van der Waals surface area contributed by atoms with E-state index >= 15 is 0 Å². The van der Waals surface area contributed by atoms with E-state index in [1.54, 1.807) is 0 Å². The molecule has 0 radical (unpaired) electrons. The molecule has 1 aliphatic rings. The summed E-state index contributed by atoms with van der Waals surface area (Å²) in [6, 6.07) is 6.24. The van der Waals surface area contributed by atoms with Crippen molar-refractivity contribution in [3.05, 3.63) is 34.3 Å². The summed E-state index contributed by atoms with van der Waals surface area (Å²) in [5.41, 5.74) is 8.45. The third-order valence-corrected chi connectivity index (χ3v) is 3.71. The minimum absolute atomic E-state index is 0.234. The number of hydrogen-bond acceptors (Lipinski definition) is 4. The number of rotatable bonds is 4. The van der Waals surface area contributed by atoms with Gasteiger partial charge in [0, 0.05) is 18.1 Å². The van der Waals surface area contributed by atoms with Gasteiger partial charge >= 0.3 is 0 Å². The fourth-order valence-corrected chi connectivity index (χ4v) is 2.61. The molecule has 2 rings (SSSR count). The summed E-state index contributed by atoms with van der Waals surface area (Å²) >= 11 is 6.02. The van der Waals surface area contributed by atoms with Crippen LogP contribution < -0.4 is 5.73 Å². The van der Waals surface area contributed by atoms with Gasteiger partial charge in [0.1, 0.15) is 0 Å². The molecule has 2 N–H and O–H groups in total. The predicted molar refractivity (Wildman–Crippen MR) is 80.7 cm³/mol. The lowest BCUT2D eigenvalue weighted by atomic mass is 10.0. The van der Waals surface area contributed by atoms with Crippen molar-refractivity contribution in [2.45, 2.75) is 13.0 Å². The van der Waals surface area contributed by atoms with E-state index in [-0.39, 0.29) is 6.04 Å². The molecule has 0 fully saturated rings. The van der Waals surface area contributed by atoms with E-state index in [9.17, 15) is 0 Å². The molecule has 5 heteroatoms. The molecule has 0 saturated heterocycles. The first-order chi connectivity index (χ1) is 8.99. The van der Waals surface area contributed by atoms with Gasteiger partial charge in [-0.1, -0.05) is 17.7 Å². The molecule has 0 bridgehead atoms. The minimum Gasteiger partial charge on any atom is -0.370 e. The molecule has 4 nitrogen and oxygen atoms in total. The van der Waals surface area contributed by atoms with Crippen LogP contribution in [-0.2, 0) is 0 Å². The highest BCUT2D eigenvalue weighted by Crippen LogP contribution is 2.29. The maximum absolute atomic E-state index is 6.02. The maximum Gasteiger partial charge on any atom is 0.191 e. The molecule has 1 unspecified atom stereocenters. The van der Waals surface area contributed by atoms with Crippen LogP contribution in [0.3, 0.4) is 0 Å². The highest BCUT2D eigenvalue weighted by molar-refractivity contribution is 6.30. The number of nitrogens with two attached hydrogens (primary N) is 1. The van der Waals surface area contributed by atoms with Crippen LogP contribution in [0.2, 0.25) is 5.02 Å². The molecule has 0 saturated carbocycles. The van der Waals surface area contributed by atoms with E-state index in [1.807, 2.05) is 12.1 Å². The van der Waals surface area contributed by atoms with E-state index in [0.717, 1.165) is 24.7 Å². The first-order valence-corrected chi connectivity index (χ1v) is 6.84. The number of benzene rings is 1. The van der Waals surface area contributed by atoms with Gasteiger partial charge in [-0.2, -0.15) is 0 Å². The van der Waals surface area contributed by atoms with Gasteiger partial charge in [-0.3, -0.25) is 4.99 Å². The number of hydrogen-bond donors (Lipinski definition) is 1. The standard InChI is InChI=1S/C14H21ClN4/c1-10-8-11(15)4-5-12(10)13-9-17-14(16)19(13)7-6-18(2)3/h4-5,8,13H,6-7,9H2,1-3H3,(H2,16,17). The number of nitrogens with zero attached hydrogens (tertiary/aromatic N) is 3. The fourth-order valence-electron chi connectivity index (χ4n) is 2.39. The predicted octanol–water partition coefficient (Wildman–Crippen LogP) is 1.88. The summed E-state index contributed by atoms with van der Waals surface area (Å²) in [4.78, 5) is 8.71. The van der Waals surface area contributed by atoms with E-state index in [2.05, 4.69) is 41.9 Å². The van der Waals surface area contributed by atoms with Gasteiger partial charge in [0.05, 0.1) is 12.6 Å². The Labute approximate surface area is 119 Å². The third kappa shape index (κ3) is 3.19. The molecule has 1 aromatic rings. The van der Waals surface area contributed by atoms with Crippen LogP contribution in [0.1, 0.15) is 17.2 Å². The number of aryl methyl sites for hydroxylation is 1. The van der Waals surface area contributed by atoms with Crippen LogP contribution in [0.5, 0.6) is 0 Å². The third-order valence-electron chi connectivity index (χ3n) is 3.48. The zero-order valence-corrected chi connectivity index (χ0v) is 12.5. The van der Waals surface area contributed by atoms with Crippen LogP contribution in [-0.4, -0.2) is 49.5 Å². The highest BCUT2D eigenvalue weighted by Gasteiger charge is 2.28. The Morgan fingerprint density at radius 2 is 2.21 bits per heavy atom. The summed E-state index contributed by atoms with van der Waals surface area (Å²) in [6.45, 7) is 4.65. The van der Waals surface area contributed by atoms with Crippen LogP contribution in [0, 0.1) is 6.92 Å². The van der Waals surface area contributed by atoms with E-state index in [4.69, 9.17) is 17.3 Å². The number of halogens is 1. The lowest BCUT2D eigenvalue weighted by Gasteiger charge is -2.28. The number of guanidine groups is 1. The molecule has 0 aromatic heterocycles. The zero-order valence-electron chi connectivity index (χ0n) is 11.7. The SMILES string of the molecule is Cc1cc(Cl)ccc1C1CN=C(N)N1CCN(C)C. The topological polar surface area (TPSA) is 44.9 Å². The second-order valence-corrected chi connectivity index (χ2v) is 5.65. The van der Waals surface area contributed by atoms with Crippen molar-refractivity contribution in [3.63, 3.8) is 0 Å². The smallest absolute Gasteiger partial charge is 0.191 e. The van der Waals surface area contributed by atoms with Crippen molar-refractivity contribution in [2.24, 2.45) is 10.7 Å². The summed E-state index contributed by atoms with van der Waals surface area (Å²) in [7, 11) is 4.12. The summed E-state index contributed by atoms with van der Waals surface area (Å²) in [5.74, 6) is 0.640. The molecule has 104 valence electrons. The number of likely N-dealkylation sites (N-methyl/N-ethyl adjacent to an activating group) is 1. The molecule has 0 spiro atoms. The van der Waals surface area contributed by atoms with Crippen molar-refractivity contribution in [1.29, 1.82) is 0 Å². The van der Waals surface area contributed by atoms with Crippen LogP contribution in [0.4, 0.5) is 0 Å². The maximum atomic E-state index is 6.02. The molecular formula is C14H21ClN4. The molecule has 0 amide bonds. The molecule has 1 heterocycles. The van der Waals surface area contributed by atoms with Gasteiger partial charge in [-0.25, -0.2) is 0 Å². The monoisotopic (exact) mass is 280 g/mol. The lowest BCUT2D eigenvalue weighted by Crippen LogP contribution is -2.40. The van der Waals surface area contributed by atoms with Crippen LogP contribution in [0.15, 0.2) is 23.2 Å². The molecule has 1 aromatic carbocycles. The largest absolute Gasteiger partial charge is 0.370 e. The van der Waals surface area contributed by atoms with Gasteiger partial charge in [0.15, 0.2) is 5.96 Å². The molecular weight excluding hydrogens is 260 g/mol. The van der Waals surface area contributed by atoms with Crippen molar-refractivity contribution in [3.8, 4) is 0 Å². The van der Waals surface area contributed by atoms with Crippen molar-refractivity contribution >= 4 is 17.6 Å². The Morgan fingerprint density at radius 3 is 2.84 bits per heavy atom. The second-order valence-electron chi connectivity index (χ2n) is 5.21. The average molecular weight is 281 g/mol. The van der Waals surface area contributed by atoms with Gasteiger partial charge in [-0.05, 0) is 44.3 Å². The van der Waals surface area contributed by atoms with Gasteiger partial charge < -0.3 is 15.5 Å². The Hall–Kier alpha value is -1.26. The van der Waals surface area contributed by atoms with E-state index < -0.39 is 0 Å². The Kier molecular flexibility index (Phi) is 4.32. The Bertz CT molecular complexity index is 484. The van der Waals surface area contributed by atoms with Crippen molar-refractivity contribution in [2.75, 3.05) is 33.7 Å². The summed E-state index contributed by atoms with van der Waals surface area (Å²) < 4.78 is 0. The van der Waals surface area contributed by atoms with Crippen LogP contribution in [0.25, 0.3) is 0 Å². The molecule has 0 aliphatic carbocycles. The highest BCUT2D eigenvalue weighted by atomic mass is 35.5. The molecule has 19 heavy (non-hydrogen) atoms. The van der Waals surface area contributed by atoms with Gasteiger partial charge in [-0.15, -0.1) is 0 Å². The fraction of sp³-hybridized carbons (Fsp3) is 0.500. The lowest BCUT2D eigenvalue weighted by molar-refractivity contribution is 0.292. The first kappa shape index (κ1) is 14.2. The Balaban J connectivity index is 2.19. The first-order valence-electron chi connectivity index (χ1n) is 6.46. The normalized spacial score (nSPS) is 19.1. The molecule has 1 atom stereocenters. The van der Waals surface area contributed by atoms with Crippen molar-refractivity contribution < 1.29 is 0 Å². The van der Waals surface area contributed by atoms with E-state index in [0.29, 0.717) is 5.96 Å². The average Bonchev–Trinajstić information content (AvgIpc) is 2.68. The number of aliphatic imine (C=N–C) groups is 1. The Morgan fingerprint density at radius 1 is 1.47 bits per heavy atom. The second kappa shape index (κ2) is 5.80.